The SMILES string of the molecule is CCN(Cc1ccc2c(c1)OCO2)C(=O)c1ccc(SC(F)F)cc1. The van der Waals surface area contributed by atoms with Gasteiger partial charge in [-0.15, -0.1) is 0 Å². The van der Waals surface area contributed by atoms with Gasteiger partial charge in [0.25, 0.3) is 11.7 Å². The van der Waals surface area contributed by atoms with Gasteiger partial charge in [0.15, 0.2) is 11.5 Å². The summed E-state index contributed by atoms with van der Waals surface area (Å²) in [6.07, 6.45) is 0. The number of benzene rings is 2. The van der Waals surface area contributed by atoms with Crippen molar-refractivity contribution >= 4 is 17.7 Å². The lowest BCUT2D eigenvalue weighted by Crippen LogP contribution is -2.30. The lowest BCUT2D eigenvalue weighted by atomic mass is 10.1. The average molecular weight is 365 g/mol. The molecule has 0 radical (unpaired) electrons. The fourth-order valence-electron chi connectivity index (χ4n) is 2.55. The van der Waals surface area contributed by atoms with E-state index in [0.717, 1.165) is 5.56 Å². The predicted molar refractivity (Wildman–Crippen MR) is 91.3 cm³/mol. The minimum atomic E-state index is -2.47. The van der Waals surface area contributed by atoms with E-state index in [9.17, 15) is 13.6 Å². The van der Waals surface area contributed by atoms with Crippen molar-refractivity contribution in [1.82, 2.24) is 4.90 Å². The molecule has 0 N–H and O–H groups in total. The Balaban J connectivity index is 1.70. The number of amides is 1. The van der Waals surface area contributed by atoms with Crippen molar-refractivity contribution in [2.45, 2.75) is 24.1 Å². The van der Waals surface area contributed by atoms with Crippen molar-refractivity contribution in [3.8, 4) is 11.5 Å². The van der Waals surface area contributed by atoms with Crippen molar-refractivity contribution < 1.29 is 23.0 Å². The van der Waals surface area contributed by atoms with E-state index >= 15 is 0 Å². The highest BCUT2D eigenvalue weighted by molar-refractivity contribution is 7.99. The Morgan fingerprint density at radius 3 is 2.56 bits per heavy atom. The third kappa shape index (κ3) is 4.22. The van der Waals surface area contributed by atoms with E-state index in [2.05, 4.69) is 0 Å². The standard InChI is InChI=1S/C18H17F2NO3S/c1-2-21(10-12-3-8-15-16(9-12)24-11-23-15)17(22)13-4-6-14(7-5-13)25-18(19)20/h3-9,18H,2,10-11H2,1H3. The fourth-order valence-corrected chi connectivity index (χ4v) is 3.05. The highest BCUT2D eigenvalue weighted by atomic mass is 32.2. The van der Waals surface area contributed by atoms with Crippen LogP contribution in [0.2, 0.25) is 0 Å². The molecule has 2 aromatic rings. The van der Waals surface area contributed by atoms with Crippen LogP contribution < -0.4 is 9.47 Å². The van der Waals surface area contributed by atoms with Crippen LogP contribution in [0.4, 0.5) is 8.78 Å². The first-order valence-electron chi connectivity index (χ1n) is 7.79. The summed E-state index contributed by atoms with van der Waals surface area (Å²) in [6.45, 7) is 3.06. The third-order valence-electron chi connectivity index (χ3n) is 3.81. The summed E-state index contributed by atoms with van der Waals surface area (Å²) >= 11 is 0.463. The maximum absolute atomic E-state index is 12.7. The summed E-state index contributed by atoms with van der Waals surface area (Å²) in [5.41, 5.74) is 1.41. The zero-order valence-electron chi connectivity index (χ0n) is 13.6. The molecule has 0 bridgehead atoms. The molecule has 3 rings (SSSR count). The molecule has 0 saturated carbocycles. The number of hydrogen-bond donors (Lipinski definition) is 0. The van der Waals surface area contributed by atoms with Crippen LogP contribution in [0.15, 0.2) is 47.4 Å². The monoisotopic (exact) mass is 365 g/mol. The lowest BCUT2D eigenvalue weighted by molar-refractivity contribution is 0.0752. The zero-order valence-corrected chi connectivity index (χ0v) is 14.4. The van der Waals surface area contributed by atoms with Crippen LogP contribution in [-0.4, -0.2) is 29.9 Å². The number of thioether (sulfide) groups is 1. The van der Waals surface area contributed by atoms with E-state index in [1.165, 1.54) is 0 Å². The van der Waals surface area contributed by atoms with Gasteiger partial charge < -0.3 is 14.4 Å². The molecule has 0 unspecified atom stereocenters. The van der Waals surface area contributed by atoms with E-state index < -0.39 is 5.76 Å². The van der Waals surface area contributed by atoms with Crippen molar-refractivity contribution in [3.05, 3.63) is 53.6 Å². The molecule has 0 saturated heterocycles. The van der Waals surface area contributed by atoms with E-state index in [1.54, 1.807) is 29.2 Å². The van der Waals surface area contributed by atoms with Gasteiger partial charge in [0.05, 0.1) is 0 Å². The molecule has 2 aromatic carbocycles. The highest BCUT2D eigenvalue weighted by Crippen LogP contribution is 2.33. The zero-order chi connectivity index (χ0) is 17.8. The molecule has 0 aliphatic carbocycles. The Bertz CT molecular complexity index is 752. The smallest absolute Gasteiger partial charge is 0.288 e. The number of alkyl halides is 2. The fraction of sp³-hybridized carbons (Fsp3) is 0.278. The maximum atomic E-state index is 12.7. The first-order chi connectivity index (χ1) is 12.1. The molecule has 25 heavy (non-hydrogen) atoms. The van der Waals surface area contributed by atoms with E-state index in [4.69, 9.17) is 9.47 Å². The van der Waals surface area contributed by atoms with Crippen LogP contribution in [-0.2, 0) is 6.54 Å². The highest BCUT2D eigenvalue weighted by Gasteiger charge is 2.18. The van der Waals surface area contributed by atoms with Crippen molar-refractivity contribution in [1.29, 1.82) is 0 Å². The maximum Gasteiger partial charge on any atom is 0.288 e. The molecular formula is C18H17F2NO3S. The van der Waals surface area contributed by atoms with Crippen LogP contribution >= 0.6 is 11.8 Å². The largest absolute Gasteiger partial charge is 0.454 e. The molecule has 0 atom stereocenters. The number of carbonyl (C=O) groups is 1. The number of halogens is 2. The summed E-state index contributed by atoms with van der Waals surface area (Å²) in [7, 11) is 0. The molecule has 132 valence electrons. The topological polar surface area (TPSA) is 38.8 Å². The van der Waals surface area contributed by atoms with Gasteiger partial charge in [-0.3, -0.25) is 4.79 Å². The first-order valence-corrected chi connectivity index (χ1v) is 8.67. The number of hydrogen-bond acceptors (Lipinski definition) is 4. The molecular weight excluding hydrogens is 348 g/mol. The van der Waals surface area contributed by atoms with Crippen molar-refractivity contribution in [2.24, 2.45) is 0 Å². The van der Waals surface area contributed by atoms with Gasteiger partial charge in [-0.1, -0.05) is 17.8 Å². The quantitative estimate of drug-likeness (QED) is 0.712. The molecule has 1 aliphatic rings. The molecule has 0 fully saturated rings. The van der Waals surface area contributed by atoms with Gasteiger partial charge in [0.1, 0.15) is 0 Å². The van der Waals surface area contributed by atoms with Crippen LogP contribution in [0, 0.1) is 0 Å². The lowest BCUT2D eigenvalue weighted by Gasteiger charge is -2.21. The molecule has 1 amide bonds. The Kier molecular flexibility index (Phi) is 5.43. The van der Waals surface area contributed by atoms with Gasteiger partial charge in [-0.05, 0) is 48.9 Å². The molecule has 0 spiro atoms. The summed E-state index contributed by atoms with van der Waals surface area (Å²) in [5, 5.41) is 0. The summed E-state index contributed by atoms with van der Waals surface area (Å²) in [4.78, 5) is 14.8. The Hall–Kier alpha value is -2.28. The second-order valence-corrected chi connectivity index (χ2v) is 6.47. The minimum absolute atomic E-state index is 0.145. The van der Waals surface area contributed by atoms with Gasteiger partial charge in [-0.2, -0.15) is 8.78 Å². The van der Waals surface area contributed by atoms with Crippen LogP contribution in [0.25, 0.3) is 0 Å². The summed E-state index contributed by atoms with van der Waals surface area (Å²) in [5.74, 6) is -1.24. The molecule has 1 aliphatic heterocycles. The molecule has 4 nitrogen and oxygen atoms in total. The van der Waals surface area contributed by atoms with Gasteiger partial charge in [0.2, 0.25) is 6.79 Å². The minimum Gasteiger partial charge on any atom is -0.454 e. The Labute approximate surface area is 148 Å². The molecule has 1 heterocycles. The number of carbonyl (C=O) groups excluding carboxylic acids is 1. The number of nitrogens with zero attached hydrogens (tertiary/aromatic N) is 1. The molecule has 7 heteroatoms. The first kappa shape index (κ1) is 17.5. The van der Waals surface area contributed by atoms with E-state index in [1.807, 2.05) is 25.1 Å². The third-order valence-corrected chi connectivity index (χ3v) is 4.53. The van der Waals surface area contributed by atoms with Gasteiger partial charge >= 0.3 is 0 Å². The van der Waals surface area contributed by atoms with E-state index in [0.29, 0.717) is 46.8 Å². The van der Waals surface area contributed by atoms with Crippen LogP contribution in [0.5, 0.6) is 11.5 Å². The summed E-state index contributed by atoms with van der Waals surface area (Å²) in [6, 6.07) is 11.8. The van der Waals surface area contributed by atoms with Crippen LogP contribution in [0.3, 0.4) is 0 Å². The summed E-state index contributed by atoms with van der Waals surface area (Å²) < 4.78 is 35.4. The van der Waals surface area contributed by atoms with Crippen molar-refractivity contribution in [3.63, 3.8) is 0 Å². The Morgan fingerprint density at radius 1 is 1.16 bits per heavy atom. The second-order valence-electron chi connectivity index (χ2n) is 5.41. The van der Waals surface area contributed by atoms with Crippen LogP contribution in [0.1, 0.15) is 22.8 Å². The van der Waals surface area contributed by atoms with E-state index in [-0.39, 0.29) is 12.7 Å². The number of fused-ring (bicyclic) bond motifs is 1. The van der Waals surface area contributed by atoms with Gasteiger partial charge in [0, 0.05) is 23.5 Å². The van der Waals surface area contributed by atoms with Gasteiger partial charge in [-0.25, -0.2) is 0 Å². The Morgan fingerprint density at radius 2 is 1.88 bits per heavy atom. The number of ether oxygens (including phenoxy) is 2. The molecule has 0 aromatic heterocycles. The normalized spacial score (nSPS) is 12.5. The number of rotatable bonds is 6. The predicted octanol–water partition coefficient (Wildman–Crippen LogP) is 4.39. The van der Waals surface area contributed by atoms with Crippen molar-refractivity contribution in [2.75, 3.05) is 13.3 Å². The average Bonchev–Trinajstić information content (AvgIpc) is 3.07. The second kappa shape index (κ2) is 7.74.